The van der Waals surface area contributed by atoms with Crippen molar-refractivity contribution in [3.8, 4) is 0 Å². The van der Waals surface area contributed by atoms with E-state index in [1.165, 1.54) is 32.1 Å². The first-order valence-electron chi connectivity index (χ1n) is 4.99. The Kier molecular flexibility index (Phi) is 4.73. The van der Waals surface area contributed by atoms with Crippen LogP contribution in [-0.2, 0) is 8.85 Å². The topological polar surface area (TPSA) is 18.5 Å². The highest BCUT2D eigenvalue weighted by Crippen LogP contribution is 2.32. The Morgan fingerprint density at radius 1 is 1.15 bits per heavy atom. The summed E-state index contributed by atoms with van der Waals surface area (Å²) < 4.78 is 10.5. The van der Waals surface area contributed by atoms with Gasteiger partial charge in [-0.1, -0.05) is 43.2 Å². The predicted octanol–water partition coefficient (Wildman–Crippen LogP) is 3.04. The lowest BCUT2D eigenvalue weighted by Gasteiger charge is -2.27. The summed E-state index contributed by atoms with van der Waals surface area (Å²) in [5.41, 5.74) is 0. The fraction of sp³-hybridized carbons (Fsp3) is 1.00. The molecule has 1 fully saturated rings. The van der Waals surface area contributed by atoms with E-state index in [1.54, 1.807) is 14.2 Å². The van der Waals surface area contributed by atoms with Crippen LogP contribution in [0.5, 0.6) is 0 Å². The molecule has 0 N–H and O–H groups in total. The second kappa shape index (κ2) is 5.34. The van der Waals surface area contributed by atoms with Crippen LogP contribution >= 0.6 is 11.1 Å². The average Bonchev–Trinajstić information content (AvgIpc) is 2.19. The van der Waals surface area contributed by atoms with Gasteiger partial charge in [-0.3, -0.25) is 0 Å². The summed E-state index contributed by atoms with van der Waals surface area (Å²) in [5, 5.41) is 0. The average molecular weight is 223 g/mol. The Hall–Kier alpha value is 0.427. The van der Waals surface area contributed by atoms with Gasteiger partial charge in [0.2, 0.25) is 0 Å². The SMILES string of the molecule is CO[Si](Cl)(CC1CCCCC1)OC. The van der Waals surface area contributed by atoms with E-state index in [4.69, 9.17) is 19.9 Å². The molecule has 78 valence electrons. The van der Waals surface area contributed by atoms with Gasteiger partial charge in [-0.2, -0.15) is 0 Å². The highest BCUT2D eigenvalue weighted by Gasteiger charge is 2.36. The van der Waals surface area contributed by atoms with Gasteiger partial charge in [0.05, 0.1) is 0 Å². The molecule has 2 nitrogen and oxygen atoms in total. The lowest BCUT2D eigenvalue weighted by molar-refractivity contribution is 0.248. The minimum atomic E-state index is -2.31. The Labute approximate surface area is 86.5 Å². The Balaban J connectivity index is 2.35. The molecule has 0 amide bonds. The zero-order valence-electron chi connectivity index (χ0n) is 8.51. The molecule has 0 spiro atoms. The summed E-state index contributed by atoms with van der Waals surface area (Å²) in [6.45, 7) is 0. The van der Waals surface area contributed by atoms with Gasteiger partial charge in [-0.05, 0) is 5.92 Å². The molecule has 1 rings (SSSR count). The van der Waals surface area contributed by atoms with Gasteiger partial charge in [0.1, 0.15) is 0 Å². The van der Waals surface area contributed by atoms with Gasteiger partial charge < -0.3 is 8.85 Å². The van der Waals surface area contributed by atoms with Crippen molar-refractivity contribution in [1.82, 2.24) is 0 Å². The van der Waals surface area contributed by atoms with E-state index >= 15 is 0 Å². The number of hydrogen-bond acceptors (Lipinski definition) is 2. The smallest absolute Gasteiger partial charge is 0.386 e. The molecule has 0 aromatic heterocycles. The summed E-state index contributed by atoms with van der Waals surface area (Å²) in [5.74, 6) is 0.734. The molecule has 13 heavy (non-hydrogen) atoms. The van der Waals surface area contributed by atoms with E-state index < -0.39 is 7.87 Å². The van der Waals surface area contributed by atoms with E-state index in [0.29, 0.717) is 0 Å². The molecule has 1 saturated carbocycles. The van der Waals surface area contributed by atoms with Crippen molar-refractivity contribution in [2.45, 2.75) is 38.1 Å². The monoisotopic (exact) mass is 222 g/mol. The summed E-state index contributed by atoms with van der Waals surface area (Å²) in [6, 6.07) is 0.946. The van der Waals surface area contributed by atoms with Gasteiger partial charge in [0, 0.05) is 20.3 Å². The Morgan fingerprint density at radius 3 is 2.15 bits per heavy atom. The molecule has 0 aliphatic heterocycles. The molecule has 0 aromatic rings. The molecule has 1 aliphatic carbocycles. The molecule has 0 atom stereocenters. The van der Waals surface area contributed by atoms with Crippen molar-refractivity contribution < 1.29 is 8.85 Å². The fourth-order valence-electron chi connectivity index (χ4n) is 1.99. The largest absolute Gasteiger partial charge is 0.442 e. The van der Waals surface area contributed by atoms with E-state index in [-0.39, 0.29) is 0 Å². The van der Waals surface area contributed by atoms with Gasteiger partial charge in [0.15, 0.2) is 0 Å². The van der Waals surface area contributed by atoms with Gasteiger partial charge >= 0.3 is 7.87 Å². The number of hydrogen-bond donors (Lipinski definition) is 0. The third kappa shape index (κ3) is 3.58. The molecule has 0 radical (unpaired) electrons. The molecule has 0 bridgehead atoms. The predicted molar refractivity (Wildman–Crippen MR) is 57.0 cm³/mol. The lowest BCUT2D eigenvalue weighted by atomic mass is 9.91. The standard InChI is InChI=1S/C9H19ClO2Si/c1-11-13(10,12-2)8-9-6-4-3-5-7-9/h9H,3-8H2,1-2H3. The maximum atomic E-state index is 6.24. The second-order valence-electron chi connectivity index (χ2n) is 3.78. The van der Waals surface area contributed by atoms with E-state index in [0.717, 1.165) is 12.0 Å². The first-order valence-corrected chi connectivity index (χ1v) is 8.03. The third-order valence-corrected chi connectivity index (χ3v) is 6.54. The van der Waals surface area contributed by atoms with E-state index in [2.05, 4.69) is 0 Å². The Morgan fingerprint density at radius 2 is 1.69 bits per heavy atom. The van der Waals surface area contributed by atoms with Crippen molar-refractivity contribution >= 4 is 18.9 Å². The first kappa shape index (κ1) is 11.5. The summed E-state index contributed by atoms with van der Waals surface area (Å²) in [4.78, 5) is 0. The van der Waals surface area contributed by atoms with Crippen LogP contribution in [0.3, 0.4) is 0 Å². The van der Waals surface area contributed by atoms with Crippen LogP contribution in [0, 0.1) is 5.92 Å². The Bertz CT molecular complexity index is 145. The minimum Gasteiger partial charge on any atom is -0.386 e. The van der Waals surface area contributed by atoms with E-state index in [1.807, 2.05) is 0 Å². The van der Waals surface area contributed by atoms with Crippen molar-refractivity contribution in [1.29, 1.82) is 0 Å². The maximum Gasteiger partial charge on any atom is 0.442 e. The summed E-state index contributed by atoms with van der Waals surface area (Å²) in [7, 11) is 1.00. The van der Waals surface area contributed by atoms with Crippen LogP contribution in [0.25, 0.3) is 0 Å². The quantitative estimate of drug-likeness (QED) is 0.538. The zero-order chi connectivity index (χ0) is 9.73. The van der Waals surface area contributed by atoms with Crippen LogP contribution in [0.15, 0.2) is 0 Å². The van der Waals surface area contributed by atoms with Gasteiger partial charge in [-0.15, -0.1) is 0 Å². The maximum absolute atomic E-state index is 6.24. The van der Waals surface area contributed by atoms with Crippen LogP contribution in [0.2, 0.25) is 6.04 Å². The number of halogens is 1. The molecular weight excluding hydrogens is 204 g/mol. The normalized spacial score (nSPS) is 20.5. The molecule has 1 aliphatic rings. The molecule has 0 heterocycles. The fourth-order valence-corrected chi connectivity index (χ4v) is 4.24. The third-order valence-electron chi connectivity index (χ3n) is 2.87. The van der Waals surface area contributed by atoms with Gasteiger partial charge in [-0.25, -0.2) is 0 Å². The van der Waals surface area contributed by atoms with Crippen LogP contribution < -0.4 is 0 Å². The first-order chi connectivity index (χ1) is 6.20. The van der Waals surface area contributed by atoms with Crippen molar-refractivity contribution in [3.05, 3.63) is 0 Å². The minimum absolute atomic E-state index is 0.734. The van der Waals surface area contributed by atoms with E-state index in [9.17, 15) is 0 Å². The number of rotatable bonds is 4. The highest BCUT2D eigenvalue weighted by atomic mass is 35.6. The zero-order valence-corrected chi connectivity index (χ0v) is 10.3. The summed E-state index contributed by atoms with van der Waals surface area (Å²) >= 11 is 6.24. The van der Waals surface area contributed by atoms with Crippen LogP contribution in [0.1, 0.15) is 32.1 Å². The van der Waals surface area contributed by atoms with Crippen LogP contribution in [0.4, 0.5) is 0 Å². The van der Waals surface area contributed by atoms with Gasteiger partial charge in [0.25, 0.3) is 0 Å². The molecular formula is C9H19ClO2Si. The molecule has 0 aromatic carbocycles. The molecule has 0 unspecified atom stereocenters. The van der Waals surface area contributed by atoms with Crippen LogP contribution in [-0.4, -0.2) is 22.1 Å². The molecule has 0 saturated heterocycles. The van der Waals surface area contributed by atoms with Crippen molar-refractivity contribution in [2.75, 3.05) is 14.2 Å². The van der Waals surface area contributed by atoms with Crippen molar-refractivity contribution in [3.63, 3.8) is 0 Å². The second-order valence-corrected chi connectivity index (χ2v) is 8.05. The summed E-state index contributed by atoms with van der Waals surface area (Å²) in [6.07, 6.45) is 6.68. The molecule has 4 heteroatoms. The lowest BCUT2D eigenvalue weighted by Crippen LogP contribution is -2.36. The van der Waals surface area contributed by atoms with Crippen molar-refractivity contribution in [2.24, 2.45) is 5.92 Å². The highest BCUT2D eigenvalue weighted by molar-refractivity contribution is 7.12.